The first-order valence-electron chi connectivity index (χ1n) is 9.12. The van der Waals surface area contributed by atoms with Crippen LogP contribution < -0.4 is 0 Å². The lowest BCUT2D eigenvalue weighted by Gasteiger charge is -2.33. The van der Waals surface area contributed by atoms with E-state index in [0.29, 0.717) is 13.2 Å². The third-order valence-electron chi connectivity index (χ3n) is 5.11. The number of imidazole rings is 1. The molecule has 142 valence electrons. The predicted molar refractivity (Wildman–Crippen MR) is 101 cm³/mol. The van der Waals surface area contributed by atoms with Crippen LogP contribution in [-0.2, 0) is 24.3 Å². The normalized spacial score (nSPS) is 18.9. The molecule has 4 nitrogen and oxygen atoms in total. The van der Waals surface area contributed by atoms with Gasteiger partial charge in [-0.1, -0.05) is 24.3 Å². The van der Waals surface area contributed by atoms with E-state index in [2.05, 4.69) is 22.0 Å². The van der Waals surface area contributed by atoms with E-state index in [0.717, 1.165) is 42.2 Å². The van der Waals surface area contributed by atoms with Crippen LogP contribution in [0.15, 0.2) is 48.8 Å². The van der Waals surface area contributed by atoms with Crippen LogP contribution in [0, 0.1) is 0 Å². The topological polar surface area (TPSA) is 30.3 Å². The van der Waals surface area contributed by atoms with Crippen molar-refractivity contribution in [2.24, 2.45) is 7.05 Å². The molecule has 4 rings (SSSR count). The summed E-state index contributed by atoms with van der Waals surface area (Å²) < 4.78 is 35.2. The highest BCUT2D eigenvalue weighted by Crippen LogP contribution is 2.29. The van der Waals surface area contributed by atoms with E-state index >= 15 is 0 Å². The van der Waals surface area contributed by atoms with Gasteiger partial charge in [0.25, 0.3) is 5.92 Å². The fraction of sp³-hybridized carbons (Fsp3) is 0.381. The predicted octanol–water partition coefficient (Wildman–Crippen LogP) is 4.26. The van der Waals surface area contributed by atoms with Crippen molar-refractivity contribution in [2.75, 3.05) is 19.7 Å². The minimum Gasteiger partial charge on any atom is -0.371 e. The molecule has 1 saturated heterocycles. The van der Waals surface area contributed by atoms with Gasteiger partial charge in [-0.3, -0.25) is 4.90 Å². The standard InChI is InChI=1S/C21H23F2N3O/c1-21(22,23)17-5-3-4-15(10-17)12-26-8-9-27-20(13-26)16-6-7-18-19(11-16)25(2)14-24-18/h3-7,10-11,14,20H,8-9,12-13H2,1-2H3/t20-/m0/s1. The number of nitrogens with zero attached hydrogens (tertiary/aromatic N) is 3. The number of rotatable bonds is 4. The smallest absolute Gasteiger partial charge is 0.270 e. The maximum Gasteiger partial charge on any atom is 0.270 e. The van der Waals surface area contributed by atoms with E-state index < -0.39 is 5.92 Å². The zero-order chi connectivity index (χ0) is 19.0. The van der Waals surface area contributed by atoms with E-state index in [1.165, 1.54) is 6.07 Å². The lowest BCUT2D eigenvalue weighted by atomic mass is 10.0. The molecular weight excluding hydrogens is 348 g/mol. The SMILES string of the molecule is Cn1cnc2ccc([C@@H]3CN(Cc4cccc(C(C)(F)F)c4)CCO3)cc21. The number of fused-ring (bicyclic) bond motifs is 1. The molecule has 0 N–H and O–H groups in total. The Kier molecular flexibility index (Phi) is 4.70. The second-order valence-corrected chi connectivity index (χ2v) is 7.29. The Morgan fingerprint density at radius 2 is 2.07 bits per heavy atom. The number of hydrogen-bond donors (Lipinski definition) is 0. The van der Waals surface area contributed by atoms with Crippen molar-refractivity contribution >= 4 is 11.0 Å². The van der Waals surface area contributed by atoms with E-state index in [1.807, 2.05) is 23.7 Å². The lowest BCUT2D eigenvalue weighted by Crippen LogP contribution is -2.37. The van der Waals surface area contributed by atoms with Crippen molar-refractivity contribution in [2.45, 2.75) is 25.5 Å². The Bertz CT molecular complexity index is 948. The monoisotopic (exact) mass is 371 g/mol. The van der Waals surface area contributed by atoms with Crippen LogP contribution in [0.3, 0.4) is 0 Å². The van der Waals surface area contributed by atoms with E-state index in [1.54, 1.807) is 18.5 Å². The third kappa shape index (κ3) is 3.87. The molecule has 6 heteroatoms. The van der Waals surface area contributed by atoms with Gasteiger partial charge in [0, 0.05) is 39.2 Å². The molecule has 0 amide bonds. The lowest BCUT2D eigenvalue weighted by molar-refractivity contribution is -0.0329. The van der Waals surface area contributed by atoms with Gasteiger partial charge in [-0.2, -0.15) is 0 Å². The maximum absolute atomic E-state index is 13.6. The molecule has 0 aliphatic carbocycles. The van der Waals surface area contributed by atoms with Crippen molar-refractivity contribution in [3.63, 3.8) is 0 Å². The highest BCUT2D eigenvalue weighted by molar-refractivity contribution is 5.76. The number of aromatic nitrogens is 2. The van der Waals surface area contributed by atoms with Crippen LogP contribution in [0.1, 0.15) is 29.7 Å². The number of ether oxygens (including phenoxy) is 1. The molecule has 0 bridgehead atoms. The molecule has 0 unspecified atom stereocenters. The summed E-state index contributed by atoms with van der Waals surface area (Å²) in [7, 11) is 1.98. The first-order valence-corrected chi connectivity index (χ1v) is 9.12. The average molecular weight is 371 g/mol. The summed E-state index contributed by atoms with van der Waals surface area (Å²) in [6, 6.07) is 12.9. The number of morpholine rings is 1. The van der Waals surface area contributed by atoms with Gasteiger partial charge in [-0.25, -0.2) is 13.8 Å². The van der Waals surface area contributed by atoms with Crippen molar-refractivity contribution in [1.82, 2.24) is 14.5 Å². The van der Waals surface area contributed by atoms with Crippen LogP contribution in [-0.4, -0.2) is 34.1 Å². The number of halogens is 2. The Labute approximate surface area is 157 Å². The number of alkyl halides is 2. The van der Waals surface area contributed by atoms with Crippen LogP contribution in [0.2, 0.25) is 0 Å². The molecule has 1 aliphatic rings. The first kappa shape index (κ1) is 18.1. The quantitative estimate of drug-likeness (QED) is 0.687. The molecule has 0 spiro atoms. The van der Waals surface area contributed by atoms with Gasteiger partial charge in [0.1, 0.15) is 0 Å². The van der Waals surface area contributed by atoms with Crippen LogP contribution in [0.4, 0.5) is 8.78 Å². The van der Waals surface area contributed by atoms with Gasteiger partial charge < -0.3 is 9.30 Å². The number of hydrogen-bond acceptors (Lipinski definition) is 3. The fourth-order valence-electron chi connectivity index (χ4n) is 3.59. The molecule has 0 radical (unpaired) electrons. The summed E-state index contributed by atoms with van der Waals surface area (Å²) in [5, 5.41) is 0. The number of aryl methyl sites for hydroxylation is 1. The summed E-state index contributed by atoms with van der Waals surface area (Å²) in [6.07, 6.45) is 1.77. The summed E-state index contributed by atoms with van der Waals surface area (Å²) in [4.78, 5) is 6.61. The van der Waals surface area contributed by atoms with Gasteiger partial charge in [0.05, 0.1) is 30.1 Å². The molecule has 1 atom stereocenters. The molecule has 1 aromatic heterocycles. The third-order valence-corrected chi connectivity index (χ3v) is 5.11. The molecular formula is C21H23F2N3O. The van der Waals surface area contributed by atoms with Crippen LogP contribution >= 0.6 is 0 Å². The highest BCUT2D eigenvalue weighted by Gasteiger charge is 2.26. The molecule has 0 saturated carbocycles. The number of benzene rings is 2. The minimum atomic E-state index is -2.82. The Hall–Kier alpha value is -2.31. The second kappa shape index (κ2) is 7.02. The molecule has 2 heterocycles. The average Bonchev–Trinajstić information content (AvgIpc) is 3.02. The highest BCUT2D eigenvalue weighted by atomic mass is 19.3. The van der Waals surface area contributed by atoms with Crippen molar-refractivity contribution < 1.29 is 13.5 Å². The maximum atomic E-state index is 13.6. The minimum absolute atomic E-state index is 0.0335. The Morgan fingerprint density at radius 3 is 2.89 bits per heavy atom. The summed E-state index contributed by atoms with van der Waals surface area (Å²) in [6.45, 7) is 3.72. The van der Waals surface area contributed by atoms with Crippen LogP contribution in [0.25, 0.3) is 11.0 Å². The second-order valence-electron chi connectivity index (χ2n) is 7.29. The zero-order valence-electron chi connectivity index (χ0n) is 15.5. The molecule has 2 aromatic carbocycles. The molecule has 27 heavy (non-hydrogen) atoms. The zero-order valence-corrected chi connectivity index (χ0v) is 15.5. The summed E-state index contributed by atoms with van der Waals surface area (Å²) in [5.74, 6) is -2.82. The fourth-order valence-corrected chi connectivity index (χ4v) is 3.59. The van der Waals surface area contributed by atoms with Gasteiger partial charge in [0.2, 0.25) is 0 Å². The molecule has 1 aliphatic heterocycles. The largest absolute Gasteiger partial charge is 0.371 e. The first-order chi connectivity index (χ1) is 12.9. The van der Waals surface area contributed by atoms with Gasteiger partial charge in [0.15, 0.2) is 0 Å². The van der Waals surface area contributed by atoms with Gasteiger partial charge >= 0.3 is 0 Å². The van der Waals surface area contributed by atoms with E-state index in [9.17, 15) is 8.78 Å². The molecule has 1 fully saturated rings. The van der Waals surface area contributed by atoms with Gasteiger partial charge in [-0.05, 0) is 29.3 Å². The summed E-state index contributed by atoms with van der Waals surface area (Å²) >= 11 is 0. The van der Waals surface area contributed by atoms with Crippen LogP contribution in [0.5, 0.6) is 0 Å². The van der Waals surface area contributed by atoms with E-state index in [-0.39, 0.29) is 11.7 Å². The van der Waals surface area contributed by atoms with E-state index in [4.69, 9.17) is 4.74 Å². The van der Waals surface area contributed by atoms with Crippen molar-refractivity contribution in [3.05, 3.63) is 65.5 Å². The Morgan fingerprint density at radius 1 is 1.22 bits per heavy atom. The Balaban J connectivity index is 1.50. The van der Waals surface area contributed by atoms with Gasteiger partial charge in [-0.15, -0.1) is 0 Å². The van der Waals surface area contributed by atoms with Crippen molar-refractivity contribution in [3.8, 4) is 0 Å². The summed E-state index contributed by atoms with van der Waals surface area (Å²) in [5.41, 5.74) is 4.12. The van der Waals surface area contributed by atoms with Crippen molar-refractivity contribution in [1.29, 1.82) is 0 Å². The molecule has 3 aromatic rings.